The highest BCUT2D eigenvalue weighted by Crippen LogP contribution is 2.20. The summed E-state index contributed by atoms with van der Waals surface area (Å²) in [7, 11) is 1.58. The number of rotatable bonds is 0. The lowest BCUT2D eigenvalue weighted by atomic mass is 10.2. The molecule has 14 heavy (non-hydrogen) atoms. The fraction of sp³-hybridized carbons (Fsp3) is 0.111. The van der Waals surface area contributed by atoms with Crippen LogP contribution in [0.15, 0.2) is 23.0 Å². The largest absolute Gasteiger partial charge is 0.507 e. The quantitative estimate of drug-likeness (QED) is 0.624. The van der Waals surface area contributed by atoms with E-state index < -0.39 is 0 Å². The lowest BCUT2D eigenvalue weighted by Crippen LogP contribution is -2.16. The fourth-order valence-corrected chi connectivity index (χ4v) is 1.31. The molecule has 0 amide bonds. The van der Waals surface area contributed by atoms with E-state index in [-0.39, 0.29) is 11.3 Å². The smallest absolute Gasteiger partial charge is 0.255 e. The average Bonchev–Trinajstić information content (AvgIpc) is 2.14. The monoisotopic (exact) mass is 191 g/mol. The third kappa shape index (κ3) is 1.10. The van der Waals surface area contributed by atoms with Gasteiger partial charge in [-0.25, -0.2) is 4.98 Å². The molecule has 72 valence electrons. The van der Waals surface area contributed by atoms with E-state index >= 15 is 0 Å². The van der Waals surface area contributed by atoms with Crippen molar-refractivity contribution >= 4 is 16.9 Å². The van der Waals surface area contributed by atoms with Crippen LogP contribution in [-0.4, -0.2) is 14.7 Å². The summed E-state index contributed by atoms with van der Waals surface area (Å²) in [6.07, 6.45) is 0. The highest BCUT2D eigenvalue weighted by molar-refractivity contribution is 5.82. The molecular formula is C9H9N3O2. The number of nitrogens with two attached hydrogens (primary N) is 1. The molecule has 0 aliphatic rings. The molecule has 0 saturated carbocycles. The van der Waals surface area contributed by atoms with E-state index in [0.717, 1.165) is 6.07 Å². The van der Waals surface area contributed by atoms with Crippen molar-refractivity contribution in [3.63, 3.8) is 0 Å². The van der Waals surface area contributed by atoms with Gasteiger partial charge < -0.3 is 10.8 Å². The minimum absolute atomic E-state index is 0.0735. The molecule has 0 fully saturated rings. The van der Waals surface area contributed by atoms with Crippen LogP contribution in [0.1, 0.15) is 0 Å². The Bertz CT molecular complexity index is 560. The molecule has 0 spiro atoms. The van der Waals surface area contributed by atoms with Crippen LogP contribution in [-0.2, 0) is 7.05 Å². The maximum atomic E-state index is 11.3. The first kappa shape index (κ1) is 8.55. The van der Waals surface area contributed by atoms with Gasteiger partial charge in [-0.3, -0.25) is 9.36 Å². The Morgan fingerprint density at radius 1 is 1.50 bits per heavy atom. The normalized spacial score (nSPS) is 10.6. The van der Waals surface area contributed by atoms with Gasteiger partial charge in [0.2, 0.25) is 0 Å². The van der Waals surface area contributed by atoms with Crippen molar-refractivity contribution in [2.45, 2.75) is 0 Å². The van der Waals surface area contributed by atoms with Gasteiger partial charge >= 0.3 is 0 Å². The number of nitrogen functional groups attached to an aromatic ring is 1. The van der Waals surface area contributed by atoms with E-state index in [9.17, 15) is 9.90 Å². The molecule has 0 radical (unpaired) electrons. The second-order valence-corrected chi connectivity index (χ2v) is 3.03. The van der Waals surface area contributed by atoms with Crippen LogP contribution in [0.2, 0.25) is 0 Å². The average molecular weight is 191 g/mol. The lowest BCUT2D eigenvalue weighted by molar-refractivity contribution is 0.479. The summed E-state index contributed by atoms with van der Waals surface area (Å²) in [5.74, 6) is 0.244. The van der Waals surface area contributed by atoms with Gasteiger partial charge in [0.05, 0.1) is 5.39 Å². The third-order valence-electron chi connectivity index (χ3n) is 2.08. The Hall–Kier alpha value is -2.04. The number of anilines is 1. The van der Waals surface area contributed by atoms with Crippen molar-refractivity contribution in [3.05, 3.63) is 28.6 Å². The molecule has 2 aromatic rings. The number of pyridine rings is 2. The first-order chi connectivity index (χ1) is 6.59. The first-order valence-corrected chi connectivity index (χ1v) is 4.05. The molecule has 0 unspecified atom stereocenters. The predicted molar refractivity (Wildman–Crippen MR) is 53.1 cm³/mol. The topological polar surface area (TPSA) is 81.1 Å². The molecule has 3 N–H and O–H groups in total. The zero-order valence-electron chi connectivity index (χ0n) is 7.56. The SMILES string of the molecule is Cn1c(=O)cc(O)c2ccc(N)nc21. The van der Waals surface area contributed by atoms with Crippen molar-refractivity contribution < 1.29 is 5.11 Å². The van der Waals surface area contributed by atoms with Crippen molar-refractivity contribution in [1.82, 2.24) is 9.55 Å². The van der Waals surface area contributed by atoms with Crippen LogP contribution < -0.4 is 11.3 Å². The minimum atomic E-state index is -0.312. The Morgan fingerprint density at radius 2 is 2.21 bits per heavy atom. The zero-order chi connectivity index (χ0) is 10.3. The third-order valence-corrected chi connectivity index (χ3v) is 2.08. The molecule has 2 heterocycles. The summed E-state index contributed by atoms with van der Waals surface area (Å²) in [6, 6.07) is 4.36. The number of fused-ring (bicyclic) bond motifs is 1. The Kier molecular flexibility index (Phi) is 1.67. The van der Waals surface area contributed by atoms with E-state index in [1.165, 1.54) is 4.57 Å². The summed E-state index contributed by atoms with van der Waals surface area (Å²) in [6.45, 7) is 0. The number of aromatic nitrogens is 2. The number of aromatic hydroxyl groups is 1. The summed E-state index contributed by atoms with van der Waals surface area (Å²) in [5, 5.41) is 9.99. The Labute approximate surface area is 79.4 Å². The second kappa shape index (κ2) is 2.73. The van der Waals surface area contributed by atoms with Gasteiger partial charge in [0.1, 0.15) is 17.2 Å². The molecule has 0 saturated heterocycles. The van der Waals surface area contributed by atoms with Crippen LogP contribution in [0.4, 0.5) is 5.82 Å². The van der Waals surface area contributed by atoms with E-state index in [4.69, 9.17) is 5.73 Å². The van der Waals surface area contributed by atoms with Crippen molar-refractivity contribution in [2.24, 2.45) is 7.05 Å². The van der Waals surface area contributed by atoms with Gasteiger partial charge in [-0.1, -0.05) is 0 Å². The molecule has 0 aliphatic carbocycles. The van der Waals surface area contributed by atoms with Gasteiger partial charge in [-0.15, -0.1) is 0 Å². The van der Waals surface area contributed by atoms with Crippen LogP contribution >= 0.6 is 0 Å². The fourth-order valence-electron chi connectivity index (χ4n) is 1.31. The summed E-state index contributed by atoms with van der Waals surface area (Å²) in [4.78, 5) is 15.3. The molecule has 0 atom stereocenters. The Morgan fingerprint density at radius 3 is 2.93 bits per heavy atom. The van der Waals surface area contributed by atoms with E-state index in [1.807, 2.05) is 0 Å². The van der Waals surface area contributed by atoms with E-state index in [2.05, 4.69) is 4.98 Å². The molecule has 0 bridgehead atoms. The van der Waals surface area contributed by atoms with Crippen molar-refractivity contribution in [1.29, 1.82) is 0 Å². The summed E-state index contributed by atoms with van der Waals surface area (Å²) in [5.41, 5.74) is 5.56. The second-order valence-electron chi connectivity index (χ2n) is 3.03. The zero-order valence-corrected chi connectivity index (χ0v) is 7.56. The standard InChI is InChI=1S/C9H9N3O2/c1-12-8(14)4-6(13)5-2-3-7(10)11-9(5)12/h2-4,13H,1H3,(H2,10,11). The van der Waals surface area contributed by atoms with Crippen molar-refractivity contribution in [2.75, 3.05) is 5.73 Å². The van der Waals surface area contributed by atoms with Gasteiger partial charge in [-0.05, 0) is 12.1 Å². The Balaban J connectivity index is 3.03. The van der Waals surface area contributed by atoms with Crippen LogP contribution in [0.3, 0.4) is 0 Å². The molecule has 0 aliphatic heterocycles. The van der Waals surface area contributed by atoms with Gasteiger partial charge in [0.15, 0.2) is 0 Å². The molecule has 0 aromatic carbocycles. The maximum Gasteiger partial charge on any atom is 0.255 e. The summed E-state index contributed by atoms with van der Waals surface area (Å²) >= 11 is 0. The van der Waals surface area contributed by atoms with Crippen LogP contribution in [0.5, 0.6) is 5.75 Å². The van der Waals surface area contributed by atoms with E-state index in [1.54, 1.807) is 19.2 Å². The molecule has 2 aromatic heterocycles. The lowest BCUT2D eigenvalue weighted by Gasteiger charge is -2.05. The number of hydrogen-bond acceptors (Lipinski definition) is 4. The van der Waals surface area contributed by atoms with E-state index in [0.29, 0.717) is 16.9 Å². The molecular weight excluding hydrogens is 182 g/mol. The summed E-state index contributed by atoms with van der Waals surface area (Å²) < 4.78 is 1.34. The molecule has 2 rings (SSSR count). The highest BCUT2D eigenvalue weighted by atomic mass is 16.3. The van der Waals surface area contributed by atoms with Crippen molar-refractivity contribution in [3.8, 4) is 5.75 Å². The maximum absolute atomic E-state index is 11.3. The first-order valence-electron chi connectivity index (χ1n) is 4.05. The van der Waals surface area contributed by atoms with Gasteiger partial charge in [0, 0.05) is 13.1 Å². The van der Waals surface area contributed by atoms with Gasteiger partial charge in [-0.2, -0.15) is 0 Å². The van der Waals surface area contributed by atoms with Crippen LogP contribution in [0.25, 0.3) is 11.0 Å². The number of aryl methyl sites for hydroxylation is 1. The molecule has 5 heteroatoms. The molecule has 5 nitrogen and oxygen atoms in total. The number of hydrogen-bond donors (Lipinski definition) is 2. The highest BCUT2D eigenvalue weighted by Gasteiger charge is 2.06. The predicted octanol–water partition coefficient (Wildman–Crippen LogP) is 0.221. The number of nitrogens with zero attached hydrogens (tertiary/aromatic N) is 2. The van der Waals surface area contributed by atoms with Crippen LogP contribution in [0, 0.1) is 0 Å². The van der Waals surface area contributed by atoms with Gasteiger partial charge in [0.25, 0.3) is 5.56 Å². The minimum Gasteiger partial charge on any atom is -0.507 e.